The van der Waals surface area contributed by atoms with Gasteiger partial charge in [-0.3, -0.25) is 19.7 Å². The van der Waals surface area contributed by atoms with Gasteiger partial charge in [-0.25, -0.2) is 0 Å². The number of nitro benzene ring substituents is 1. The molecule has 1 rings (SSSR count). The molecule has 0 aliphatic rings. The largest absolute Gasteiger partial charge is 0.365 e. The lowest BCUT2D eigenvalue weighted by Crippen LogP contribution is -2.34. The lowest BCUT2D eigenvalue weighted by molar-refractivity contribution is -0.384. The molecule has 1 aromatic carbocycles. The van der Waals surface area contributed by atoms with Crippen molar-refractivity contribution in [1.29, 1.82) is 0 Å². The normalized spacial score (nSPS) is 9.84. The molecule has 1 amide bonds. The lowest BCUT2D eigenvalue weighted by atomic mass is 10.1. The second kappa shape index (κ2) is 5.94. The molecule has 0 heterocycles. The Balaban J connectivity index is 3.03. The number of carbonyl (C=O) groups excluding carboxylic acids is 2. The lowest BCUT2D eigenvalue weighted by Gasteiger charge is -2.22. The number of anilines is 1. The predicted octanol–water partition coefficient (Wildman–Crippen LogP) is 0.932. The Morgan fingerprint density at radius 3 is 2.47 bits per heavy atom. The molecule has 0 fully saturated rings. The van der Waals surface area contributed by atoms with Gasteiger partial charge in [0.2, 0.25) is 5.91 Å². The summed E-state index contributed by atoms with van der Waals surface area (Å²) in [5.74, 6) is -0.127. The van der Waals surface area contributed by atoms with Crippen molar-refractivity contribution in [1.82, 2.24) is 4.90 Å². The maximum absolute atomic E-state index is 11.6. The van der Waals surface area contributed by atoms with Crippen LogP contribution >= 0.6 is 0 Å². The number of rotatable bonds is 5. The number of benzene rings is 1. The molecule has 19 heavy (non-hydrogen) atoms. The molecule has 0 bridgehead atoms. The predicted molar refractivity (Wildman–Crippen MR) is 70.4 cm³/mol. The Morgan fingerprint density at radius 1 is 1.37 bits per heavy atom. The molecule has 102 valence electrons. The van der Waals surface area contributed by atoms with E-state index in [2.05, 4.69) is 0 Å². The van der Waals surface area contributed by atoms with Crippen LogP contribution in [0.1, 0.15) is 10.4 Å². The van der Waals surface area contributed by atoms with E-state index in [0.717, 1.165) is 0 Å². The minimum absolute atomic E-state index is 0.0889. The van der Waals surface area contributed by atoms with E-state index in [4.69, 9.17) is 0 Å². The van der Waals surface area contributed by atoms with Crippen LogP contribution in [0.4, 0.5) is 11.4 Å². The molecular formula is C12H15N3O4. The first-order chi connectivity index (χ1) is 8.86. The van der Waals surface area contributed by atoms with Gasteiger partial charge in [-0.2, -0.15) is 0 Å². The number of carbonyl (C=O) groups is 2. The van der Waals surface area contributed by atoms with Gasteiger partial charge < -0.3 is 9.80 Å². The number of non-ortho nitro benzene ring substituents is 1. The van der Waals surface area contributed by atoms with E-state index >= 15 is 0 Å². The molecule has 1 aromatic rings. The van der Waals surface area contributed by atoms with Crippen LogP contribution < -0.4 is 4.90 Å². The molecule has 0 aromatic heterocycles. The van der Waals surface area contributed by atoms with Gasteiger partial charge in [0.25, 0.3) is 5.69 Å². The molecule has 0 N–H and O–H groups in total. The molecule has 0 radical (unpaired) electrons. The zero-order valence-corrected chi connectivity index (χ0v) is 11.0. The Hall–Kier alpha value is -2.44. The van der Waals surface area contributed by atoms with Crippen molar-refractivity contribution in [2.24, 2.45) is 0 Å². The van der Waals surface area contributed by atoms with Gasteiger partial charge >= 0.3 is 0 Å². The van der Waals surface area contributed by atoms with Crippen LogP contribution in [0.25, 0.3) is 0 Å². The fraction of sp³-hybridized carbons (Fsp3) is 0.333. The summed E-state index contributed by atoms with van der Waals surface area (Å²) in [6, 6.07) is 3.96. The van der Waals surface area contributed by atoms with Crippen LogP contribution in [0.2, 0.25) is 0 Å². The maximum Gasteiger partial charge on any atom is 0.270 e. The summed E-state index contributed by atoms with van der Waals surface area (Å²) < 4.78 is 0. The van der Waals surface area contributed by atoms with Crippen molar-refractivity contribution < 1.29 is 14.5 Å². The quantitative estimate of drug-likeness (QED) is 0.449. The van der Waals surface area contributed by atoms with Crippen molar-refractivity contribution in [3.05, 3.63) is 33.9 Å². The van der Waals surface area contributed by atoms with Gasteiger partial charge in [-0.15, -0.1) is 0 Å². The van der Waals surface area contributed by atoms with Crippen molar-refractivity contribution >= 4 is 23.6 Å². The molecule has 7 heteroatoms. The Bertz CT molecular complexity index is 514. The Kier molecular flexibility index (Phi) is 4.57. The number of nitro groups is 1. The minimum atomic E-state index is -0.568. The van der Waals surface area contributed by atoms with E-state index in [-0.39, 0.29) is 23.7 Å². The van der Waals surface area contributed by atoms with E-state index in [0.29, 0.717) is 12.0 Å². The fourth-order valence-electron chi connectivity index (χ4n) is 1.53. The van der Waals surface area contributed by atoms with E-state index in [9.17, 15) is 19.7 Å². The molecule has 7 nitrogen and oxygen atoms in total. The van der Waals surface area contributed by atoms with Crippen LogP contribution in [-0.4, -0.2) is 49.7 Å². The SMILES string of the molecule is CN(C)C(=O)CN(C)c1ccc([N+](=O)[O-])cc1C=O. The van der Waals surface area contributed by atoms with Crippen LogP contribution in [0.5, 0.6) is 0 Å². The number of hydrogen-bond donors (Lipinski definition) is 0. The number of likely N-dealkylation sites (N-methyl/N-ethyl adjacent to an activating group) is 2. The van der Waals surface area contributed by atoms with Gasteiger partial charge in [0.15, 0.2) is 6.29 Å². The third-order valence-electron chi connectivity index (χ3n) is 2.63. The standard InChI is InChI=1S/C12H15N3O4/c1-13(2)12(17)7-14(3)11-5-4-10(15(18)19)6-9(11)8-16/h4-6,8H,7H2,1-3H3. The summed E-state index contributed by atoms with van der Waals surface area (Å²) in [6.45, 7) is 0.0889. The van der Waals surface area contributed by atoms with Crippen molar-refractivity contribution in [3.63, 3.8) is 0 Å². The zero-order chi connectivity index (χ0) is 14.6. The number of amides is 1. The van der Waals surface area contributed by atoms with E-state index < -0.39 is 4.92 Å². The van der Waals surface area contributed by atoms with E-state index in [1.165, 1.54) is 23.1 Å². The third kappa shape index (κ3) is 3.51. The molecule has 0 atom stereocenters. The fourth-order valence-corrected chi connectivity index (χ4v) is 1.53. The van der Waals surface area contributed by atoms with Crippen LogP contribution in [0.3, 0.4) is 0 Å². The van der Waals surface area contributed by atoms with Crippen LogP contribution in [-0.2, 0) is 4.79 Å². The van der Waals surface area contributed by atoms with E-state index in [1.807, 2.05) is 0 Å². The molecule has 0 saturated carbocycles. The molecule has 0 aliphatic heterocycles. The van der Waals surface area contributed by atoms with Gasteiger partial charge in [0.05, 0.1) is 11.5 Å². The number of nitrogens with zero attached hydrogens (tertiary/aromatic N) is 3. The molecule has 0 aliphatic carbocycles. The van der Waals surface area contributed by atoms with E-state index in [1.54, 1.807) is 26.0 Å². The Morgan fingerprint density at radius 2 is 2.00 bits per heavy atom. The van der Waals surface area contributed by atoms with Gasteiger partial charge in [-0.1, -0.05) is 0 Å². The average molecular weight is 265 g/mol. The Labute approximate surface area is 110 Å². The first-order valence-corrected chi connectivity index (χ1v) is 5.51. The molecule has 0 unspecified atom stereocenters. The molecular weight excluding hydrogens is 250 g/mol. The first-order valence-electron chi connectivity index (χ1n) is 5.51. The highest BCUT2D eigenvalue weighted by atomic mass is 16.6. The van der Waals surface area contributed by atoms with Crippen molar-refractivity contribution in [2.45, 2.75) is 0 Å². The highest BCUT2D eigenvalue weighted by Gasteiger charge is 2.15. The zero-order valence-electron chi connectivity index (χ0n) is 11.0. The second-order valence-corrected chi connectivity index (χ2v) is 4.26. The monoisotopic (exact) mass is 265 g/mol. The van der Waals surface area contributed by atoms with Crippen LogP contribution in [0, 0.1) is 10.1 Å². The highest BCUT2D eigenvalue weighted by Crippen LogP contribution is 2.23. The summed E-state index contributed by atoms with van der Waals surface area (Å²) >= 11 is 0. The molecule has 0 saturated heterocycles. The first kappa shape index (κ1) is 14.6. The smallest absolute Gasteiger partial charge is 0.270 e. The van der Waals surface area contributed by atoms with Gasteiger partial charge in [0.1, 0.15) is 0 Å². The third-order valence-corrected chi connectivity index (χ3v) is 2.63. The summed E-state index contributed by atoms with van der Waals surface area (Å²) in [6.07, 6.45) is 0.541. The van der Waals surface area contributed by atoms with Crippen LogP contribution in [0.15, 0.2) is 18.2 Å². The van der Waals surface area contributed by atoms with Gasteiger partial charge in [-0.05, 0) is 6.07 Å². The second-order valence-electron chi connectivity index (χ2n) is 4.26. The maximum atomic E-state index is 11.6. The summed E-state index contributed by atoms with van der Waals surface area (Å²) in [5.41, 5.74) is 0.511. The minimum Gasteiger partial charge on any atom is -0.365 e. The summed E-state index contributed by atoms with van der Waals surface area (Å²) in [4.78, 5) is 35.6. The average Bonchev–Trinajstić information content (AvgIpc) is 2.37. The highest BCUT2D eigenvalue weighted by molar-refractivity contribution is 5.88. The summed E-state index contributed by atoms with van der Waals surface area (Å²) in [5, 5.41) is 10.6. The van der Waals surface area contributed by atoms with Gasteiger partial charge in [0, 0.05) is 44.5 Å². The van der Waals surface area contributed by atoms with Crippen molar-refractivity contribution in [2.75, 3.05) is 32.6 Å². The summed E-state index contributed by atoms with van der Waals surface area (Å²) in [7, 11) is 4.91. The molecule has 0 spiro atoms. The van der Waals surface area contributed by atoms with Crippen molar-refractivity contribution in [3.8, 4) is 0 Å². The number of aldehydes is 1. The topological polar surface area (TPSA) is 83.8 Å². The number of hydrogen-bond acceptors (Lipinski definition) is 5.